The van der Waals surface area contributed by atoms with Crippen molar-refractivity contribution < 1.29 is 18.4 Å². The van der Waals surface area contributed by atoms with Crippen LogP contribution < -0.4 is 4.74 Å². The van der Waals surface area contributed by atoms with Crippen LogP contribution in [0.4, 0.5) is 14.5 Å². The van der Waals surface area contributed by atoms with E-state index in [9.17, 15) is 18.9 Å². The fraction of sp³-hybridized carbons (Fsp3) is 0.143. The maximum Gasteiger partial charge on any atom is 0.387 e. The molecular weight excluding hydrogens is 300 g/mol. The van der Waals surface area contributed by atoms with Crippen molar-refractivity contribution in [2.24, 2.45) is 0 Å². The molecule has 0 radical (unpaired) electrons. The van der Waals surface area contributed by atoms with Crippen molar-refractivity contribution in [3.63, 3.8) is 0 Å². The molecule has 0 aliphatic carbocycles. The summed E-state index contributed by atoms with van der Waals surface area (Å²) >= 11 is 1.46. The minimum atomic E-state index is -2.84. The van der Waals surface area contributed by atoms with Gasteiger partial charge in [0.05, 0.1) is 4.92 Å². The summed E-state index contributed by atoms with van der Waals surface area (Å²) in [4.78, 5) is 10.9. The van der Waals surface area contributed by atoms with E-state index in [4.69, 9.17) is 0 Å². The number of nitro groups is 1. The topological polar surface area (TPSA) is 52.4 Å². The zero-order valence-electron chi connectivity index (χ0n) is 10.7. The van der Waals surface area contributed by atoms with Gasteiger partial charge in [-0.2, -0.15) is 8.78 Å². The van der Waals surface area contributed by atoms with Crippen molar-refractivity contribution in [3.05, 3.63) is 64.2 Å². The van der Waals surface area contributed by atoms with Crippen LogP contribution in [-0.2, 0) is 5.75 Å². The quantitative estimate of drug-likeness (QED) is 0.448. The van der Waals surface area contributed by atoms with Gasteiger partial charge in [-0.05, 0) is 29.8 Å². The minimum absolute atomic E-state index is 0.0340. The van der Waals surface area contributed by atoms with Gasteiger partial charge in [-0.25, -0.2) is 0 Å². The molecule has 0 amide bonds. The Morgan fingerprint density at radius 1 is 1.19 bits per heavy atom. The lowest BCUT2D eigenvalue weighted by atomic mass is 10.2. The number of hydrogen-bond acceptors (Lipinski definition) is 4. The lowest BCUT2D eigenvalue weighted by Crippen LogP contribution is -2.01. The molecule has 2 rings (SSSR count). The maximum absolute atomic E-state index is 12.1. The van der Waals surface area contributed by atoms with Crippen LogP contribution in [0.1, 0.15) is 5.56 Å². The Morgan fingerprint density at radius 2 is 1.90 bits per heavy atom. The number of non-ortho nitro benzene ring substituents is 1. The summed E-state index contributed by atoms with van der Waals surface area (Å²) in [5, 5.41) is 10.5. The van der Waals surface area contributed by atoms with Crippen molar-refractivity contribution in [2.75, 3.05) is 0 Å². The Bertz CT molecular complexity index is 620. The average molecular weight is 311 g/mol. The molecule has 0 aliphatic rings. The van der Waals surface area contributed by atoms with Gasteiger partial charge in [0.15, 0.2) is 0 Å². The summed E-state index contributed by atoms with van der Waals surface area (Å²) in [6, 6.07) is 12.6. The summed E-state index contributed by atoms with van der Waals surface area (Å²) in [5.41, 5.74) is 0.864. The molecule has 0 fully saturated rings. The van der Waals surface area contributed by atoms with Gasteiger partial charge >= 0.3 is 6.61 Å². The molecule has 2 aromatic carbocycles. The summed E-state index contributed by atoms with van der Waals surface area (Å²) in [5.74, 6) is 0.671. The third kappa shape index (κ3) is 4.71. The Morgan fingerprint density at radius 3 is 2.52 bits per heavy atom. The number of nitro benzene ring substituents is 1. The van der Waals surface area contributed by atoms with E-state index in [0.29, 0.717) is 5.75 Å². The summed E-state index contributed by atoms with van der Waals surface area (Å²) in [7, 11) is 0. The summed E-state index contributed by atoms with van der Waals surface area (Å²) in [6.07, 6.45) is 0. The lowest BCUT2D eigenvalue weighted by molar-refractivity contribution is -0.384. The van der Waals surface area contributed by atoms with Gasteiger partial charge in [-0.15, -0.1) is 11.8 Å². The van der Waals surface area contributed by atoms with Gasteiger partial charge in [-0.1, -0.05) is 12.1 Å². The van der Waals surface area contributed by atoms with Crippen molar-refractivity contribution >= 4 is 17.4 Å². The third-order valence-corrected chi connectivity index (χ3v) is 3.66. The second kappa shape index (κ2) is 7.03. The van der Waals surface area contributed by atoms with Crippen LogP contribution >= 0.6 is 11.8 Å². The molecule has 0 N–H and O–H groups in total. The van der Waals surface area contributed by atoms with Crippen LogP contribution in [0.25, 0.3) is 0 Å². The molecule has 4 nitrogen and oxygen atoms in total. The number of thioether (sulfide) groups is 1. The van der Waals surface area contributed by atoms with E-state index in [1.165, 1.54) is 30.0 Å². The Balaban J connectivity index is 1.97. The monoisotopic (exact) mass is 311 g/mol. The largest absolute Gasteiger partial charge is 0.435 e. The number of ether oxygens (including phenoxy) is 1. The van der Waals surface area contributed by atoms with E-state index in [-0.39, 0.29) is 11.4 Å². The minimum Gasteiger partial charge on any atom is -0.435 e. The van der Waals surface area contributed by atoms with Gasteiger partial charge in [0.1, 0.15) is 5.75 Å². The van der Waals surface area contributed by atoms with E-state index in [1.807, 2.05) is 0 Å². The fourth-order valence-electron chi connectivity index (χ4n) is 1.64. The van der Waals surface area contributed by atoms with Gasteiger partial charge in [-0.3, -0.25) is 10.1 Å². The second-order valence-electron chi connectivity index (χ2n) is 4.07. The van der Waals surface area contributed by atoms with E-state index in [1.54, 1.807) is 30.3 Å². The fourth-order valence-corrected chi connectivity index (χ4v) is 2.48. The molecule has 0 bridgehead atoms. The zero-order valence-corrected chi connectivity index (χ0v) is 11.6. The molecule has 0 aliphatic heterocycles. The first-order chi connectivity index (χ1) is 10.0. The van der Waals surface area contributed by atoms with Crippen LogP contribution in [-0.4, -0.2) is 11.5 Å². The van der Waals surface area contributed by atoms with Crippen LogP contribution in [0, 0.1) is 10.1 Å². The number of nitrogens with zero attached hydrogens (tertiary/aromatic N) is 1. The number of rotatable bonds is 6. The number of halogens is 2. The summed E-state index contributed by atoms with van der Waals surface area (Å²) in [6.45, 7) is -2.84. The highest BCUT2D eigenvalue weighted by atomic mass is 32.2. The number of benzene rings is 2. The van der Waals surface area contributed by atoms with Crippen molar-refractivity contribution in [3.8, 4) is 5.75 Å². The first-order valence-electron chi connectivity index (χ1n) is 5.95. The molecule has 0 atom stereocenters. The van der Waals surface area contributed by atoms with E-state index < -0.39 is 11.5 Å². The molecule has 0 saturated heterocycles. The smallest absolute Gasteiger partial charge is 0.387 e. The predicted octanol–water partition coefficient (Wildman–Crippen LogP) is 4.49. The Kier molecular flexibility index (Phi) is 5.10. The van der Waals surface area contributed by atoms with Gasteiger partial charge in [0.2, 0.25) is 0 Å². The lowest BCUT2D eigenvalue weighted by Gasteiger charge is -2.06. The molecule has 0 heterocycles. The number of alkyl halides is 2. The van der Waals surface area contributed by atoms with Gasteiger partial charge in [0.25, 0.3) is 5.69 Å². The molecule has 0 unspecified atom stereocenters. The van der Waals surface area contributed by atoms with Crippen LogP contribution in [0.3, 0.4) is 0 Å². The predicted molar refractivity (Wildman–Crippen MR) is 75.7 cm³/mol. The SMILES string of the molecule is O=[N+]([O-])c1ccc(SCc2cccc(OC(F)F)c2)cc1. The van der Waals surface area contributed by atoms with Crippen LogP contribution in [0.5, 0.6) is 5.75 Å². The highest BCUT2D eigenvalue weighted by Gasteiger charge is 2.06. The Hall–Kier alpha value is -2.15. The number of hydrogen-bond donors (Lipinski definition) is 0. The molecule has 2 aromatic rings. The van der Waals surface area contributed by atoms with Crippen LogP contribution in [0.2, 0.25) is 0 Å². The molecule has 0 spiro atoms. The maximum atomic E-state index is 12.1. The average Bonchev–Trinajstić information content (AvgIpc) is 2.45. The normalized spacial score (nSPS) is 10.6. The van der Waals surface area contributed by atoms with E-state index in [2.05, 4.69) is 4.74 Å². The summed E-state index contributed by atoms with van der Waals surface area (Å²) < 4.78 is 28.6. The van der Waals surface area contributed by atoms with Crippen LogP contribution in [0.15, 0.2) is 53.4 Å². The second-order valence-corrected chi connectivity index (χ2v) is 5.11. The molecule has 7 heteroatoms. The molecule has 0 saturated carbocycles. The van der Waals surface area contributed by atoms with Crippen molar-refractivity contribution in [1.82, 2.24) is 0 Å². The van der Waals surface area contributed by atoms with E-state index in [0.717, 1.165) is 10.5 Å². The van der Waals surface area contributed by atoms with E-state index >= 15 is 0 Å². The third-order valence-electron chi connectivity index (χ3n) is 2.58. The molecule has 0 aromatic heterocycles. The highest BCUT2D eigenvalue weighted by molar-refractivity contribution is 7.98. The first-order valence-corrected chi connectivity index (χ1v) is 6.94. The van der Waals surface area contributed by atoms with Gasteiger partial charge < -0.3 is 4.74 Å². The molecule has 110 valence electrons. The molecule has 21 heavy (non-hydrogen) atoms. The highest BCUT2D eigenvalue weighted by Crippen LogP contribution is 2.26. The van der Waals surface area contributed by atoms with Crippen molar-refractivity contribution in [2.45, 2.75) is 17.3 Å². The van der Waals surface area contributed by atoms with Gasteiger partial charge in [0, 0.05) is 22.8 Å². The zero-order chi connectivity index (χ0) is 15.2. The van der Waals surface area contributed by atoms with Crippen molar-refractivity contribution in [1.29, 1.82) is 0 Å². The molecular formula is C14H11F2NO3S. The standard InChI is InChI=1S/C14H11F2NO3S/c15-14(16)20-12-3-1-2-10(8-12)9-21-13-6-4-11(5-7-13)17(18)19/h1-8,14H,9H2. The first kappa shape index (κ1) is 15.2. The Labute approximate surface area is 123 Å².